The highest BCUT2D eigenvalue weighted by molar-refractivity contribution is 8.13. The Bertz CT molecular complexity index is 639. The highest BCUT2D eigenvalue weighted by Gasteiger charge is 2.52. The Morgan fingerprint density at radius 3 is 2.44 bits per heavy atom. The smallest absolute Gasteiger partial charge is 0.491 e. The molecule has 1 aliphatic heterocycles. The van der Waals surface area contributed by atoms with Gasteiger partial charge in [0.15, 0.2) is 5.12 Å². The van der Waals surface area contributed by atoms with Crippen LogP contribution in [0.25, 0.3) is 6.08 Å². The molecule has 1 aromatic rings. The molecule has 0 N–H and O–H groups in total. The predicted octanol–water partition coefficient (Wildman–Crippen LogP) is 4.38. The summed E-state index contributed by atoms with van der Waals surface area (Å²) in [5, 5.41) is 0.0745. The zero-order valence-corrected chi connectivity index (χ0v) is 16.7. The molecule has 0 bridgehead atoms. The third-order valence-electron chi connectivity index (χ3n) is 4.52. The van der Waals surface area contributed by atoms with Crippen molar-refractivity contribution in [3.63, 3.8) is 0 Å². The summed E-state index contributed by atoms with van der Waals surface area (Å²) in [7, 11) is -0.465. The molecule has 0 aromatic heterocycles. The zero-order valence-electron chi connectivity index (χ0n) is 15.9. The van der Waals surface area contributed by atoms with E-state index in [9.17, 15) is 4.79 Å². The van der Waals surface area contributed by atoms with E-state index in [2.05, 4.69) is 0 Å². The van der Waals surface area contributed by atoms with Gasteiger partial charge in [-0.1, -0.05) is 30.0 Å². The lowest BCUT2D eigenvalue weighted by Crippen LogP contribution is -2.41. The number of benzene rings is 1. The van der Waals surface area contributed by atoms with E-state index in [-0.39, 0.29) is 5.12 Å². The van der Waals surface area contributed by atoms with Crippen molar-refractivity contribution in [1.29, 1.82) is 0 Å². The number of carbonyl (C=O) groups excluding carboxylic acids is 1. The highest BCUT2D eigenvalue weighted by Crippen LogP contribution is 2.39. The Labute approximate surface area is 155 Å². The van der Waals surface area contributed by atoms with Crippen molar-refractivity contribution in [2.75, 3.05) is 12.4 Å². The van der Waals surface area contributed by atoms with E-state index in [0.717, 1.165) is 16.8 Å². The molecule has 0 unspecified atom stereocenters. The molecule has 136 valence electrons. The molecular weight excluding hydrogens is 335 g/mol. The molecule has 0 saturated carbocycles. The summed E-state index contributed by atoms with van der Waals surface area (Å²) in [5.41, 5.74) is 1.11. The van der Waals surface area contributed by atoms with Crippen LogP contribution in [0.2, 0.25) is 0 Å². The fraction of sp³-hybridized carbons (Fsp3) is 0.526. The lowest BCUT2D eigenvalue weighted by atomic mass is 9.78. The molecule has 0 aliphatic carbocycles. The van der Waals surface area contributed by atoms with Crippen LogP contribution in [-0.4, -0.2) is 35.8 Å². The Morgan fingerprint density at radius 1 is 1.24 bits per heavy atom. The molecule has 6 heteroatoms. The molecule has 0 radical (unpaired) electrons. The molecule has 1 saturated heterocycles. The van der Waals surface area contributed by atoms with E-state index in [1.807, 2.05) is 65.0 Å². The molecule has 25 heavy (non-hydrogen) atoms. The fourth-order valence-electron chi connectivity index (χ4n) is 2.43. The van der Waals surface area contributed by atoms with Crippen LogP contribution in [0, 0.1) is 0 Å². The van der Waals surface area contributed by atoms with Crippen LogP contribution < -0.4 is 4.74 Å². The van der Waals surface area contributed by atoms with E-state index in [4.69, 9.17) is 14.0 Å². The SMILES string of the molecule is CCOc1cccc(C=C(CSC(C)=O)B2OC(C)(C)C(C)(C)O2)c1. The van der Waals surface area contributed by atoms with Crippen molar-refractivity contribution in [3.8, 4) is 5.75 Å². The van der Waals surface area contributed by atoms with E-state index < -0.39 is 18.3 Å². The monoisotopic (exact) mass is 362 g/mol. The van der Waals surface area contributed by atoms with Gasteiger partial charge in [-0.2, -0.15) is 0 Å². The third-order valence-corrected chi connectivity index (χ3v) is 5.40. The molecule has 0 atom stereocenters. The van der Waals surface area contributed by atoms with Crippen LogP contribution in [0.4, 0.5) is 0 Å². The van der Waals surface area contributed by atoms with Crippen molar-refractivity contribution in [3.05, 3.63) is 35.3 Å². The zero-order chi connectivity index (χ0) is 18.7. The molecule has 1 fully saturated rings. The Balaban J connectivity index is 2.30. The van der Waals surface area contributed by atoms with Gasteiger partial charge >= 0.3 is 7.12 Å². The van der Waals surface area contributed by atoms with Gasteiger partial charge in [-0.05, 0) is 57.8 Å². The van der Waals surface area contributed by atoms with Gasteiger partial charge in [-0.25, -0.2) is 0 Å². The highest BCUT2D eigenvalue weighted by atomic mass is 32.2. The van der Waals surface area contributed by atoms with Crippen molar-refractivity contribution >= 4 is 30.1 Å². The van der Waals surface area contributed by atoms with Crippen LogP contribution in [-0.2, 0) is 14.1 Å². The normalized spacial score (nSPS) is 19.1. The number of carbonyl (C=O) groups is 1. The largest absolute Gasteiger partial charge is 0.494 e. The Hall–Kier alpha value is -1.24. The first kappa shape index (κ1) is 20.1. The maximum Gasteiger partial charge on any atom is 0.491 e. The molecular formula is C19H27BO4S. The topological polar surface area (TPSA) is 44.8 Å². The minimum atomic E-state index is -0.465. The van der Waals surface area contributed by atoms with Gasteiger partial charge in [0.2, 0.25) is 0 Å². The van der Waals surface area contributed by atoms with Gasteiger partial charge in [0.1, 0.15) is 5.75 Å². The number of thioether (sulfide) groups is 1. The number of hydrogen-bond donors (Lipinski definition) is 0. The van der Waals surface area contributed by atoms with Crippen molar-refractivity contribution in [2.45, 2.75) is 52.7 Å². The first-order valence-corrected chi connectivity index (χ1v) is 9.55. The van der Waals surface area contributed by atoms with Crippen LogP contribution in [0.15, 0.2) is 29.7 Å². The van der Waals surface area contributed by atoms with Gasteiger partial charge < -0.3 is 14.0 Å². The van der Waals surface area contributed by atoms with Gasteiger partial charge in [-0.3, -0.25) is 4.79 Å². The van der Waals surface area contributed by atoms with Gasteiger partial charge in [0.05, 0.1) is 17.8 Å². The minimum absolute atomic E-state index is 0.0745. The summed E-state index contributed by atoms with van der Waals surface area (Å²) in [5.74, 6) is 1.36. The Kier molecular flexibility index (Phi) is 6.41. The number of ether oxygens (including phenoxy) is 1. The molecule has 0 amide bonds. The lowest BCUT2D eigenvalue weighted by molar-refractivity contribution is -0.109. The summed E-state index contributed by atoms with van der Waals surface area (Å²) < 4.78 is 17.9. The maximum atomic E-state index is 11.4. The Morgan fingerprint density at radius 2 is 1.88 bits per heavy atom. The van der Waals surface area contributed by atoms with E-state index in [1.165, 1.54) is 11.8 Å². The minimum Gasteiger partial charge on any atom is -0.494 e. The summed E-state index contributed by atoms with van der Waals surface area (Å²) in [4.78, 5) is 11.4. The third kappa shape index (κ3) is 5.12. The predicted molar refractivity (Wildman–Crippen MR) is 105 cm³/mol. The summed E-state index contributed by atoms with van der Waals surface area (Å²) in [6.45, 7) is 12.3. The van der Waals surface area contributed by atoms with Crippen molar-refractivity contribution in [1.82, 2.24) is 0 Å². The van der Waals surface area contributed by atoms with E-state index in [0.29, 0.717) is 12.4 Å². The van der Waals surface area contributed by atoms with Gasteiger partial charge in [0, 0.05) is 12.7 Å². The quantitative estimate of drug-likeness (QED) is 0.703. The maximum absolute atomic E-state index is 11.4. The van der Waals surface area contributed by atoms with E-state index in [1.54, 1.807) is 6.92 Å². The van der Waals surface area contributed by atoms with Crippen LogP contribution in [0.5, 0.6) is 5.75 Å². The molecule has 4 nitrogen and oxygen atoms in total. The lowest BCUT2D eigenvalue weighted by Gasteiger charge is -2.32. The second kappa shape index (κ2) is 7.98. The average molecular weight is 362 g/mol. The number of rotatable bonds is 6. The first-order valence-electron chi connectivity index (χ1n) is 8.57. The molecule has 0 spiro atoms. The molecule has 1 heterocycles. The second-order valence-electron chi connectivity index (χ2n) is 7.09. The van der Waals surface area contributed by atoms with Crippen molar-refractivity contribution < 1.29 is 18.8 Å². The summed E-state index contributed by atoms with van der Waals surface area (Å²) in [6.07, 6.45) is 2.03. The molecule has 1 aromatic carbocycles. The van der Waals surface area contributed by atoms with Gasteiger partial charge in [-0.15, -0.1) is 0 Å². The van der Waals surface area contributed by atoms with Crippen LogP contribution in [0.3, 0.4) is 0 Å². The van der Waals surface area contributed by atoms with Crippen LogP contribution in [0.1, 0.15) is 47.1 Å². The van der Waals surface area contributed by atoms with E-state index >= 15 is 0 Å². The summed E-state index contributed by atoms with van der Waals surface area (Å²) in [6, 6.07) is 7.87. The molecule has 2 rings (SSSR count). The van der Waals surface area contributed by atoms with Crippen molar-refractivity contribution in [2.24, 2.45) is 0 Å². The second-order valence-corrected chi connectivity index (χ2v) is 8.25. The number of hydrogen-bond acceptors (Lipinski definition) is 5. The summed E-state index contributed by atoms with van der Waals surface area (Å²) >= 11 is 1.26. The average Bonchev–Trinajstić information content (AvgIpc) is 2.72. The van der Waals surface area contributed by atoms with Gasteiger partial charge in [0.25, 0.3) is 0 Å². The van der Waals surface area contributed by atoms with Crippen LogP contribution >= 0.6 is 11.8 Å². The standard InChI is InChI=1S/C19H27BO4S/c1-7-22-17-10-8-9-15(12-17)11-16(13-25-14(2)21)20-23-18(3,4)19(5,6)24-20/h8-12H,7,13H2,1-6H3. The first-order chi connectivity index (χ1) is 11.6. The molecule has 1 aliphatic rings. The fourth-order valence-corrected chi connectivity index (χ4v) is 3.02.